The molecule has 12 aliphatic rings. The Morgan fingerprint density at radius 2 is 0.826 bits per heavy atom. The molecule has 12 rings (SSSR count). The lowest BCUT2D eigenvalue weighted by Gasteiger charge is -2.58. The molecule has 9 saturated carbocycles. The maximum Gasteiger partial charge on any atom is 0.133 e. The van der Waals surface area contributed by atoms with Crippen LogP contribution in [0.4, 0.5) is 0 Å². The van der Waals surface area contributed by atoms with Crippen molar-refractivity contribution < 1.29 is 20.1 Å². The second-order valence-electron chi connectivity index (χ2n) is 29.2. The molecule has 0 spiro atoms. The van der Waals surface area contributed by atoms with Gasteiger partial charge in [-0.15, -0.1) is 0 Å². The van der Waals surface area contributed by atoms with Gasteiger partial charge in [-0.25, -0.2) is 0 Å². The van der Waals surface area contributed by atoms with E-state index in [0.29, 0.717) is 38.8 Å². The number of Topliss-reactive ketones (excluding diaryl/α,β-unsaturated/α-hetero) is 1. The summed E-state index contributed by atoms with van der Waals surface area (Å²) in [5.74, 6) is 10.9. The third kappa shape index (κ3) is 8.13. The van der Waals surface area contributed by atoms with Crippen molar-refractivity contribution in [2.24, 2.45) is 109 Å². The van der Waals surface area contributed by atoms with Crippen LogP contribution in [0.15, 0.2) is 47.1 Å². The van der Waals surface area contributed by atoms with Crippen molar-refractivity contribution in [3.63, 3.8) is 0 Å². The maximum absolute atomic E-state index is 12.2. The fourth-order valence-electron chi connectivity index (χ4n) is 22.5. The summed E-state index contributed by atoms with van der Waals surface area (Å²) < 4.78 is 0. The van der Waals surface area contributed by atoms with Crippen LogP contribution in [0.2, 0.25) is 0 Å². The molecule has 21 atom stereocenters. The third-order valence-electron chi connectivity index (χ3n) is 26.2. The molecule has 4 heteroatoms. The average molecular weight is 948 g/mol. The van der Waals surface area contributed by atoms with Gasteiger partial charge in [0.25, 0.3) is 0 Å². The summed E-state index contributed by atoms with van der Waals surface area (Å²) in [6.45, 7) is 28.5. The Labute approximate surface area is 422 Å². The summed E-state index contributed by atoms with van der Waals surface area (Å²) in [7, 11) is 0. The number of aliphatic hydroxyl groups excluding tert-OH is 3. The van der Waals surface area contributed by atoms with Crippen LogP contribution in [0.25, 0.3) is 0 Å². The minimum absolute atomic E-state index is 0.0727. The Hall–Kier alpha value is -1.49. The number of ketones is 1. The van der Waals surface area contributed by atoms with Gasteiger partial charge < -0.3 is 15.3 Å². The van der Waals surface area contributed by atoms with Crippen molar-refractivity contribution in [2.45, 2.75) is 242 Å². The Morgan fingerprint density at radius 1 is 0.478 bits per heavy atom. The molecule has 386 valence electrons. The van der Waals surface area contributed by atoms with Gasteiger partial charge >= 0.3 is 0 Å². The van der Waals surface area contributed by atoms with E-state index in [-0.39, 0.29) is 23.7 Å². The lowest BCUT2D eigenvalue weighted by Crippen LogP contribution is -2.50. The van der Waals surface area contributed by atoms with Gasteiger partial charge in [-0.3, -0.25) is 4.79 Å². The molecule has 0 bridgehead atoms. The largest absolute Gasteiger partial charge is 0.393 e. The lowest BCUT2D eigenvalue weighted by atomic mass is 9.47. The van der Waals surface area contributed by atoms with Crippen LogP contribution in [0.1, 0.15) is 223 Å². The monoisotopic (exact) mass is 947 g/mol. The van der Waals surface area contributed by atoms with Crippen LogP contribution in [-0.2, 0) is 4.79 Å². The summed E-state index contributed by atoms with van der Waals surface area (Å²) in [4.78, 5) is 12.2. The Bertz CT molecular complexity index is 1960. The number of carbonyl (C=O) groups excluding carboxylic acids is 1. The molecule has 0 radical (unpaired) electrons. The first-order valence-corrected chi connectivity index (χ1v) is 29.9. The predicted molar refractivity (Wildman–Crippen MR) is 284 cm³/mol. The zero-order valence-electron chi connectivity index (χ0n) is 45.9. The van der Waals surface area contributed by atoms with Gasteiger partial charge in [0, 0.05) is 5.92 Å². The van der Waals surface area contributed by atoms with Crippen molar-refractivity contribution in [2.75, 3.05) is 0 Å². The van der Waals surface area contributed by atoms with E-state index in [1.165, 1.54) is 108 Å². The zero-order valence-corrected chi connectivity index (χ0v) is 45.9. The van der Waals surface area contributed by atoms with Crippen LogP contribution in [-0.4, -0.2) is 39.4 Å². The molecular formula is C65H102O4. The third-order valence-corrected chi connectivity index (χ3v) is 26.2. The highest BCUT2D eigenvalue weighted by Gasteiger charge is 2.62. The minimum atomic E-state index is -0.117. The Morgan fingerprint density at radius 3 is 1.20 bits per heavy atom. The molecule has 4 nitrogen and oxygen atoms in total. The summed E-state index contributed by atoms with van der Waals surface area (Å²) in [5, 5.41) is 30.3. The second-order valence-corrected chi connectivity index (χ2v) is 29.2. The van der Waals surface area contributed by atoms with Gasteiger partial charge in [0.15, 0.2) is 0 Å². The molecule has 12 aliphatic carbocycles. The van der Waals surface area contributed by atoms with Crippen molar-refractivity contribution in [1.82, 2.24) is 0 Å². The van der Waals surface area contributed by atoms with Gasteiger partial charge in [0.2, 0.25) is 0 Å². The highest BCUT2D eigenvalue weighted by atomic mass is 16.3. The van der Waals surface area contributed by atoms with Crippen LogP contribution in [0.5, 0.6) is 0 Å². The highest BCUT2D eigenvalue weighted by molar-refractivity contribution is 5.79. The van der Waals surface area contributed by atoms with Gasteiger partial charge in [-0.05, 0) is 271 Å². The summed E-state index contributed by atoms with van der Waals surface area (Å²) in [6.07, 6.45) is 36.7. The smallest absolute Gasteiger partial charge is 0.133 e. The average Bonchev–Trinajstić information content (AvgIpc) is 3.98. The van der Waals surface area contributed by atoms with Gasteiger partial charge in [0.05, 0.1) is 18.3 Å². The fraction of sp³-hybridized carbons (Fsp3) is 0.862. The number of allylic oxidation sites excluding steroid dienone is 4. The van der Waals surface area contributed by atoms with Crippen molar-refractivity contribution >= 4 is 5.78 Å². The van der Waals surface area contributed by atoms with Crippen LogP contribution in [0, 0.1) is 109 Å². The van der Waals surface area contributed by atoms with E-state index in [1.807, 2.05) is 6.92 Å². The molecule has 0 heterocycles. The zero-order chi connectivity index (χ0) is 49.2. The fourth-order valence-corrected chi connectivity index (χ4v) is 22.5. The number of carbonyl (C=O) groups is 1. The summed E-state index contributed by atoms with van der Waals surface area (Å²) in [5.41, 5.74) is 8.63. The molecule has 0 saturated heterocycles. The molecule has 0 aromatic heterocycles. The van der Waals surface area contributed by atoms with Crippen molar-refractivity contribution in [1.29, 1.82) is 0 Å². The van der Waals surface area contributed by atoms with E-state index < -0.39 is 0 Å². The van der Waals surface area contributed by atoms with Gasteiger partial charge in [-0.1, -0.05) is 102 Å². The minimum Gasteiger partial charge on any atom is -0.393 e. The molecule has 0 aromatic carbocycles. The molecular weight excluding hydrogens is 845 g/mol. The number of rotatable bonds is 3. The van der Waals surface area contributed by atoms with Crippen LogP contribution in [0.3, 0.4) is 0 Å². The number of aliphatic hydroxyl groups is 3. The second kappa shape index (κ2) is 18.4. The van der Waals surface area contributed by atoms with E-state index >= 15 is 0 Å². The molecule has 0 amide bonds. The lowest BCUT2D eigenvalue weighted by molar-refractivity contribution is -0.127. The molecule has 9 unspecified atom stereocenters. The van der Waals surface area contributed by atoms with Gasteiger partial charge in [0.1, 0.15) is 5.78 Å². The van der Waals surface area contributed by atoms with E-state index in [1.54, 1.807) is 16.7 Å². The van der Waals surface area contributed by atoms with E-state index in [2.05, 4.69) is 87.1 Å². The predicted octanol–water partition coefficient (Wildman–Crippen LogP) is 15.6. The SMILES string of the molecule is C=C(C)[C@H]1CCC2C3CC=C4C[C@@H](O)CC[C@]4(C)C3CC[C@@]21C.CC(=O)[C@H]1CCC2C3CC=C4C[C@@H](O)CC[C@]4(C)C3CC[C@@]21C.CC(C)[C@H]1CCC2C3CC=C4C[C@@H](O)CC[C@]4(C)C3CC[C@@]21C. The van der Waals surface area contributed by atoms with E-state index in [0.717, 1.165) is 122 Å². The quantitative estimate of drug-likeness (QED) is 0.246. The molecule has 0 aromatic rings. The maximum atomic E-state index is 12.2. The topological polar surface area (TPSA) is 77.8 Å². The van der Waals surface area contributed by atoms with E-state index in [4.69, 9.17) is 0 Å². The Balaban J connectivity index is 0.000000120. The van der Waals surface area contributed by atoms with Crippen LogP contribution < -0.4 is 0 Å². The first kappa shape index (κ1) is 51.0. The van der Waals surface area contributed by atoms with Gasteiger partial charge in [-0.2, -0.15) is 0 Å². The Kier molecular flexibility index (Phi) is 13.6. The number of hydrogen-bond acceptors (Lipinski definition) is 4. The first-order valence-electron chi connectivity index (χ1n) is 29.9. The standard InChI is InChI=1S/C22H36O.C22H34O.C21H32O2/c2*1-14(2)18-7-8-19-17-6-5-15-13-16(23)9-11-21(15,3)20(17)10-12-22(18,19)4;1-13(22)17-6-7-18-16-5-4-14-12-15(23)8-10-20(14,2)19(16)9-11-21(17,18)3/h5,14,16-20,23H,6-13H2,1-4H3;5,16-20,23H,1,6-13H2,2-4H3;4,15-19,23H,5-12H2,1-3H3/t2*16-,17?,18+,19?,20?,21-,22+;15-,16?,17+,18?,19?,20-,21+/m000/s1. The summed E-state index contributed by atoms with van der Waals surface area (Å²) >= 11 is 0. The number of hydrogen-bond donors (Lipinski definition) is 3. The number of fused-ring (bicyclic) bond motifs is 15. The van der Waals surface area contributed by atoms with Crippen molar-refractivity contribution in [3.8, 4) is 0 Å². The molecule has 9 fully saturated rings. The first-order chi connectivity index (χ1) is 32.6. The van der Waals surface area contributed by atoms with Crippen LogP contribution >= 0.6 is 0 Å². The normalized spacial score (nSPS) is 52.3. The highest BCUT2D eigenvalue weighted by Crippen LogP contribution is 2.70. The van der Waals surface area contributed by atoms with E-state index in [9.17, 15) is 20.1 Å². The molecule has 0 aliphatic heterocycles. The molecule has 69 heavy (non-hydrogen) atoms. The molecule has 3 N–H and O–H groups in total. The van der Waals surface area contributed by atoms with Crippen molar-refractivity contribution in [3.05, 3.63) is 47.1 Å². The summed E-state index contributed by atoms with van der Waals surface area (Å²) in [6, 6.07) is 0.